The number of anilines is 1. The maximum Gasteiger partial charge on any atom is 0.313 e. The highest BCUT2D eigenvalue weighted by atomic mass is 79.9. The molecule has 4 rings (SSSR count). The number of nitro groups is 1. The minimum Gasteiger partial charge on any atom is -0.476 e. The number of carbonyl (C=O) groups is 1. The van der Waals surface area contributed by atoms with Crippen LogP contribution in [0.3, 0.4) is 0 Å². The summed E-state index contributed by atoms with van der Waals surface area (Å²) in [5.74, 6) is -0.445. The smallest absolute Gasteiger partial charge is 0.313 e. The first-order chi connectivity index (χ1) is 17.6. The van der Waals surface area contributed by atoms with Crippen LogP contribution in [-0.2, 0) is 4.79 Å². The lowest BCUT2D eigenvalue weighted by Gasteiger charge is -2.11. The van der Waals surface area contributed by atoms with Gasteiger partial charge in [0.1, 0.15) is 5.82 Å². The van der Waals surface area contributed by atoms with E-state index in [9.17, 15) is 19.7 Å². The zero-order chi connectivity index (χ0) is 26.7. The van der Waals surface area contributed by atoms with Gasteiger partial charge in [0.05, 0.1) is 22.0 Å². The Bertz CT molecular complexity index is 1620. The van der Waals surface area contributed by atoms with Crippen molar-refractivity contribution >= 4 is 61.9 Å². The summed E-state index contributed by atoms with van der Waals surface area (Å²) < 4.78 is 7.33. The summed E-state index contributed by atoms with van der Waals surface area (Å²) in [4.78, 5) is 40.9. The average molecular weight is 585 g/mol. The Morgan fingerprint density at radius 1 is 1.22 bits per heavy atom. The number of benzene rings is 3. The second-order valence-electron chi connectivity index (χ2n) is 7.99. The molecule has 0 aliphatic rings. The molecule has 0 radical (unpaired) electrons. The molecule has 0 bridgehead atoms. The van der Waals surface area contributed by atoms with E-state index >= 15 is 0 Å². The number of carbonyl (C=O) groups excluding carboxylic acids is 1. The number of rotatable bonds is 7. The molecule has 0 atom stereocenters. The third-order valence-electron chi connectivity index (χ3n) is 5.22. The summed E-state index contributed by atoms with van der Waals surface area (Å²) >= 11 is 9.44. The standard InChI is InChI=1S/C25H19BrClN5O5/c1-14-3-6-19(7-4-14)30-23(33)13-37-24-16(9-18(27)11-22(24)32(35)36)12-28-31-15(2)29-21-8-5-17(26)10-20(21)25(31)34/h3-12H,13H2,1-2H3,(H,30,33). The number of nitrogens with zero attached hydrogens (tertiary/aromatic N) is 4. The molecule has 0 aliphatic carbocycles. The quantitative estimate of drug-likeness (QED) is 0.180. The first kappa shape index (κ1) is 26.0. The molecule has 0 saturated carbocycles. The zero-order valence-electron chi connectivity index (χ0n) is 19.6. The Morgan fingerprint density at radius 3 is 2.65 bits per heavy atom. The maximum atomic E-state index is 13.0. The maximum absolute atomic E-state index is 13.0. The molecular weight excluding hydrogens is 566 g/mol. The fourth-order valence-corrected chi connectivity index (χ4v) is 4.06. The van der Waals surface area contributed by atoms with Crippen LogP contribution in [0.25, 0.3) is 10.9 Å². The van der Waals surface area contributed by atoms with Crippen molar-refractivity contribution in [1.29, 1.82) is 0 Å². The van der Waals surface area contributed by atoms with Crippen molar-refractivity contribution < 1.29 is 14.5 Å². The molecule has 3 aromatic carbocycles. The van der Waals surface area contributed by atoms with Crippen molar-refractivity contribution in [2.45, 2.75) is 13.8 Å². The van der Waals surface area contributed by atoms with Crippen LogP contribution in [0, 0.1) is 24.0 Å². The van der Waals surface area contributed by atoms with Crippen molar-refractivity contribution in [3.05, 3.63) is 102 Å². The van der Waals surface area contributed by atoms with Gasteiger partial charge in [0, 0.05) is 26.8 Å². The van der Waals surface area contributed by atoms with Crippen LogP contribution in [0.4, 0.5) is 11.4 Å². The lowest BCUT2D eigenvalue weighted by atomic mass is 10.2. The molecule has 10 nitrogen and oxygen atoms in total. The van der Waals surface area contributed by atoms with E-state index in [0.717, 1.165) is 16.3 Å². The molecule has 1 amide bonds. The summed E-state index contributed by atoms with van der Waals surface area (Å²) in [6.07, 6.45) is 1.20. The van der Waals surface area contributed by atoms with Crippen molar-refractivity contribution in [1.82, 2.24) is 9.66 Å². The third-order valence-corrected chi connectivity index (χ3v) is 5.94. The number of halogens is 2. The van der Waals surface area contributed by atoms with Crippen LogP contribution >= 0.6 is 27.5 Å². The number of fused-ring (bicyclic) bond motifs is 1. The van der Waals surface area contributed by atoms with E-state index in [0.29, 0.717) is 26.9 Å². The highest BCUT2D eigenvalue weighted by Gasteiger charge is 2.22. The molecule has 4 aromatic rings. The second kappa shape index (κ2) is 10.9. The van der Waals surface area contributed by atoms with Gasteiger partial charge in [0.15, 0.2) is 6.61 Å². The highest BCUT2D eigenvalue weighted by Crippen LogP contribution is 2.34. The van der Waals surface area contributed by atoms with E-state index in [1.54, 1.807) is 37.3 Å². The molecule has 0 saturated heterocycles. The van der Waals surface area contributed by atoms with Crippen molar-refractivity contribution in [2.24, 2.45) is 5.10 Å². The first-order valence-corrected chi connectivity index (χ1v) is 12.0. The summed E-state index contributed by atoms with van der Waals surface area (Å²) in [6, 6.07) is 14.7. The van der Waals surface area contributed by atoms with Gasteiger partial charge in [-0.05, 0) is 50.2 Å². The van der Waals surface area contributed by atoms with Crippen LogP contribution in [0.5, 0.6) is 5.75 Å². The van der Waals surface area contributed by atoms with Crippen LogP contribution < -0.4 is 15.6 Å². The van der Waals surface area contributed by atoms with Gasteiger partial charge in [-0.25, -0.2) is 4.98 Å². The molecule has 1 N–H and O–H groups in total. The number of ether oxygens (including phenoxy) is 1. The van der Waals surface area contributed by atoms with Crippen molar-refractivity contribution in [3.8, 4) is 5.75 Å². The molecule has 188 valence electrons. The topological polar surface area (TPSA) is 129 Å². The van der Waals surface area contributed by atoms with Gasteiger partial charge < -0.3 is 10.1 Å². The molecule has 37 heavy (non-hydrogen) atoms. The van der Waals surface area contributed by atoms with E-state index in [2.05, 4.69) is 31.3 Å². The Kier molecular flexibility index (Phi) is 7.65. The van der Waals surface area contributed by atoms with Crippen LogP contribution in [-0.4, -0.2) is 33.3 Å². The molecule has 12 heteroatoms. The number of amides is 1. The van der Waals surface area contributed by atoms with E-state index in [-0.39, 0.29) is 16.3 Å². The lowest BCUT2D eigenvalue weighted by Crippen LogP contribution is -2.21. The molecule has 0 fully saturated rings. The number of nitrogens with one attached hydrogen (secondary N) is 1. The van der Waals surface area contributed by atoms with Crippen LogP contribution in [0.2, 0.25) is 5.02 Å². The van der Waals surface area contributed by atoms with E-state index in [4.69, 9.17) is 16.3 Å². The van der Waals surface area contributed by atoms with E-state index < -0.39 is 28.7 Å². The largest absolute Gasteiger partial charge is 0.476 e. The average Bonchev–Trinajstić information content (AvgIpc) is 2.84. The Balaban J connectivity index is 1.67. The molecular formula is C25H19BrClN5O5. The SMILES string of the molecule is Cc1ccc(NC(=O)COc2c(C=Nn3c(C)nc4ccc(Br)cc4c3=O)cc(Cl)cc2[N+](=O)[O-])cc1. The van der Waals surface area contributed by atoms with Gasteiger partial charge in [-0.1, -0.05) is 45.2 Å². The van der Waals surface area contributed by atoms with Gasteiger partial charge >= 0.3 is 5.69 Å². The van der Waals surface area contributed by atoms with E-state index in [1.165, 1.54) is 12.3 Å². The van der Waals surface area contributed by atoms with E-state index in [1.807, 2.05) is 19.1 Å². The van der Waals surface area contributed by atoms with Crippen LogP contribution in [0.15, 0.2) is 69.0 Å². The van der Waals surface area contributed by atoms with Gasteiger partial charge in [-0.15, -0.1) is 0 Å². The summed E-state index contributed by atoms with van der Waals surface area (Å²) in [6.45, 7) is 3.01. The molecule has 1 aromatic heterocycles. The first-order valence-electron chi connectivity index (χ1n) is 10.8. The normalized spacial score (nSPS) is 11.1. The predicted octanol–water partition coefficient (Wildman–Crippen LogP) is 5.24. The summed E-state index contributed by atoms with van der Waals surface area (Å²) in [5.41, 5.74) is 1.29. The fraction of sp³-hybridized carbons (Fsp3) is 0.120. The number of hydrogen-bond donors (Lipinski definition) is 1. The van der Waals surface area contributed by atoms with Gasteiger partial charge in [0.2, 0.25) is 5.75 Å². The number of aromatic nitrogens is 2. The van der Waals surface area contributed by atoms with Crippen LogP contribution in [0.1, 0.15) is 17.0 Å². The number of nitro benzene ring substituents is 1. The third kappa shape index (κ3) is 6.01. The Morgan fingerprint density at radius 2 is 1.95 bits per heavy atom. The Labute approximate surface area is 223 Å². The van der Waals surface area contributed by atoms with Crippen molar-refractivity contribution in [3.63, 3.8) is 0 Å². The monoisotopic (exact) mass is 583 g/mol. The van der Waals surface area contributed by atoms with Crippen molar-refractivity contribution in [2.75, 3.05) is 11.9 Å². The molecule has 1 heterocycles. The number of aryl methyl sites for hydroxylation is 2. The second-order valence-corrected chi connectivity index (χ2v) is 9.34. The summed E-state index contributed by atoms with van der Waals surface area (Å²) in [5, 5.41) is 19.0. The highest BCUT2D eigenvalue weighted by molar-refractivity contribution is 9.10. The molecule has 0 spiro atoms. The Hall–Kier alpha value is -4.09. The van der Waals surface area contributed by atoms with Gasteiger partial charge in [0.25, 0.3) is 11.5 Å². The molecule has 0 unspecified atom stereocenters. The van der Waals surface area contributed by atoms with Gasteiger partial charge in [-0.2, -0.15) is 9.78 Å². The molecule has 0 aliphatic heterocycles. The summed E-state index contributed by atoms with van der Waals surface area (Å²) in [7, 11) is 0. The minimum absolute atomic E-state index is 0.0502. The lowest BCUT2D eigenvalue weighted by molar-refractivity contribution is -0.385. The zero-order valence-corrected chi connectivity index (χ0v) is 21.9. The van der Waals surface area contributed by atoms with Gasteiger partial charge in [-0.3, -0.25) is 19.7 Å². The minimum atomic E-state index is -0.678. The number of hydrogen-bond acceptors (Lipinski definition) is 7. The fourth-order valence-electron chi connectivity index (χ4n) is 3.48. The predicted molar refractivity (Wildman–Crippen MR) is 145 cm³/mol.